The molecule has 0 bridgehead atoms. The third kappa shape index (κ3) is 3.17. The van der Waals surface area contributed by atoms with E-state index in [4.69, 9.17) is 17.3 Å². The van der Waals surface area contributed by atoms with E-state index < -0.39 is 17.8 Å². The molecule has 0 radical (unpaired) electrons. The highest BCUT2D eigenvalue weighted by molar-refractivity contribution is 9.11. The lowest BCUT2D eigenvalue weighted by molar-refractivity contribution is 0.146. The Balaban J connectivity index is 2.36. The Kier molecular flexibility index (Phi) is 4.97. The van der Waals surface area contributed by atoms with Crippen molar-refractivity contribution in [2.75, 3.05) is 6.54 Å². The molecule has 2 aromatic rings. The Morgan fingerprint density at radius 2 is 2.21 bits per heavy atom. The number of aliphatic hydroxyl groups is 1. The van der Waals surface area contributed by atoms with E-state index in [0.717, 1.165) is 3.79 Å². The summed E-state index contributed by atoms with van der Waals surface area (Å²) in [5.41, 5.74) is 6.74. The summed E-state index contributed by atoms with van der Waals surface area (Å²) in [6.07, 6.45) is -0.861. The molecule has 0 fully saturated rings. The van der Waals surface area contributed by atoms with Crippen LogP contribution in [0.2, 0.25) is 5.02 Å². The van der Waals surface area contributed by atoms with Gasteiger partial charge >= 0.3 is 0 Å². The van der Waals surface area contributed by atoms with Crippen molar-refractivity contribution in [1.29, 1.82) is 0 Å². The first-order chi connectivity index (χ1) is 9.04. The van der Waals surface area contributed by atoms with E-state index in [1.54, 1.807) is 18.2 Å². The van der Waals surface area contributed by atoms with Crippen LogP contribution in [-0.4, -0.2) is 11.7 Å². The van der Waals surface area contributed by atoms with Gasteiger partial charge < -0.3 is 10.8 Å². The van der Waals surface area contributed by atoms with Gasteiger partial charge in [0.1, 0.15) is 5.82 Å². The largest absolute Gasteiger partial charge is 0.388 e. The molecule has 1 aromatic heterocycles. The lowest BCUT2D eigenvalue weighted by Gasteiger charge is -2.22. The Morgan fingerprint density at radius 1 is 1.47 bits per heavy atom. The van der Waals surface area contributed by atoms with Crippen LogP contribution < -0.4 is 5.73 Å². The summed E-state index contributed by atoms with van der Waals surface area (Å²) in [7, 11) is 0. The van der Waals surface area contributed by atoms with Gasteiger partial charge in [0.15, 0.2) is 0 Å². The minimum atomic E-state index is -0.861. The fourth-order valence-corrected chi connectivity index (χ4v) is 3.33. The second kappa shape index (κ2) is 6.33. The molecule has 0 amide bonds. The van der Waals surface area contributed by atoms with Gasteiger partial charge in [-0.1, -0.05) is 23.7 Å². The Morgan fingerprint density at radius 3 is 2.79 bits per heavy atom. The zero-order valence-corrected chi connectivity index (χ0v) is 13.0. The third-order valence-electron chi connectivity index (χ3n) is 2.95. The molecule has 102 valence electrons. The number of hydrogen-bond donors (Lipinski definition) is 2. The molecular weight excluding hydrogens is 353 g/mol. The average molecular weight is 365 g/mol. The molecule has 0 saturated heterocycles. The second-order valence-electron chi connectivity index (χ2n) is 4.11. The highest BCUT2D eigenvalue weighted by Crippen LogP contribution is 2.36. The van der Waals surface area contributed by atoms with Gasteiger partial charge in [0.05, 0.1) is 14.9 Å². The number of nitrogens with two attached hydrogens (primary N) is 1. The molecule has 1 aromatic carbocycles. The average Bonchev–Trinajstić information content (AvgIpc) is 2.82. The molecule has 2 nitrogen and oxygen atoms in total. The number of rotatable bonds is 4. The SMILES string of the molecule is NCC(c1cccc(Cl)c1F)C(O)c1csc(Br)c1. The van der Waals surface area contributed by atoms with Crippen molar-refractivity contribution in [2.24, 2.45) is 5.73 Å². The molecular formula is C13H12BrClFNOS. The van der Waals surface area contributed by atoms with Crippen molar-refractivity contribution < 1.29 is 9.50 Å². The Hall–Kier alpha value is -0.460. The summed E-state index contributed by atoms with van der Waals surface area (Å²) in [4.78, 5) is 0. The van der Waals surface area contributed by atoms with E-state index in [0.29, 0.717) is 11.1 Å². The minimum absolute atomic E-state index is 0.0367. The molecule has 0 saturated carbocycles. The number of benzene rings is 1. The van der Waals surface area contributed by atoms with E-state index in [-0.39, 0.29) is 11.6 Å². The minimum Gasteiger partial charge on any atom is -0.388 e. The summed E-state index contributed by atoms with van der Waals surface area (Å²) >= 11 is 10.6. The van der Waals surface area contributed by atoms with E-state index in [9.17, 15) is 9.50 Å². The Bertz CT molecular complexity index is 578. The first-order valence-electron chi connectivity index (χ1n) is 5.60. The molecule has 2 rings (SSSR count). The van der Waals surface area contributed by atoms with Crippen molar-refractivity contribution in [1.82, 2.24) is 0 Å². The van der Waals surface area contributed by atoms with Crippen molar-refractivity contribution >= 4 is 38.9 Å². The zero-order chi connectivity index (χ0) is 14.0. The quantitative estimate of drug-likeness (QED) is 0.858. The van der Waals surface area contributed by atoms with Crippen molar-refractivity contribution in [3.05, 3.63) is 55.4 Å². The van der Waals surface area contributed by atoms with E-state index in [1.807, 2.05) is 5.38 Å². The van der Waals surface area contributed by atoms with Gasteiger partial charge in [-0.2, -0.15) is 0 Å². The molecule has 2 atom stereocenters. The summed E-state index contributed by atoms with van der Waals surface area (Å²) in [6, 6.07) is 6.53. The van der Waals surface area contributed by atoms with Gasteiger partial charge in [-0.05, 0) is 44.6 Å². The molecule has 1 heterocycles. The van der Waals surface area contributed by atoms with Gasteiger partial charge in [0, 0.05) is 12.5 Å². The molecule has 0 aliphatic rings. The van der Waals surface area contributed by atoms with Crippen LogP contribution in [0.4, 0.5) is 4.39 Å². The Labute approximate surface area is 128 Å². The number of thiophene rings is 1. The maximum Gasteiger partial charge on any atom is 0.145 e. The van der Waals surface area contributed by atoms with Crippen LogP contribution in [0.5, 0.6) is 0 Å². The topological polar surface area (TPSA) is 46.2 Å². The lowest BCUT2D eigenvalue weighted by Crippen LogP contribution is -2.21. The van der Waals surface area contributed by atoms with Gasteiger partial charge in [-0.25, -0.2) is 4.39 Å². The highest BCUT2D eigenvalue weighted by Gasteiger charge is 2.25. The van der Waals surface area contributed by atoms with Crippen LogP contribution >= 0.6 is 38.9 Å². The summed E-state index contributed by atoms with van der Waals surface area (Å²) in [5, 5.41) is 12.2. The molecule has 0 aliphatic heterocycles. The summed E-state index contributed by atoms with van der Waals surface area (Å²) in [5.74, 6) is -1.05. The number of aliphatic hydroxyl groups excluding tert-OH is 1. The summed E-state index contributed by atoms with van der Waals surface area (Å²) in [6.45, 7) is 0.131. The molecule has 2 unspecified atom stereocenters. The standard InChI is InChI=1S/C13H12BrClFNOS/c14-11-4-7(6-19-11)13(18)9(5-17)8-2-1-3-10(15)12(8)16/h1-4,6,9,13,18H,5,17H2. The maximum atomic E-state index is 14.0. The monoisotopic (exact) mass is 363 g/mol. The van der Waals surface area contributed by atoms with Crippen molar-refractivity contribution in [3.8, 4) is 0 Å². The number of hydrogen-bond acceptors (Lipinski definition) is 3. The first-order valence-corrected chi connectivity index (χ1v) is 7.65. The van der Waals surface area contributed by atoms with E-state index in [1.165, 1.54) is 17.4 Å². The van der Waals surface area contributed by atoms with E-state index >= 15 is 0 Å². The fourth-order valence-electron chi connectivity index (χ4n) is 1.94. The smallest absolute Gasteiger partial charge is 0.145 e. The molecule has 3 N–H and O–H groups in total. The molecule has 0 spiro atoms. The van der Waals surface area contributed by atoms with Crippen molar-refractivity contribution in [2.45, 2.75) is 12.0 Å². The maximum absolute atomic E-state index is 14.0. The predicted octanol–water partition coefficient (Wildman–Crippen LogP) is 4.08. The normalized spacial score (nSPS) is 14.4. The van der Waals surface area contributed by atoms with Crippen LogP contribution in [0.25, 0.3) is 0 Å². The third-order valence-corrected chi connectivity index (χ3v) is 4.76. The predicted molar refractivity (Wildman–Crippen MR) is 80.2 cm³/mol. The van der Waals surface area contributed by atoms with Crippen LogP contribution in [0.1, 0.15) is 23.1 Å². The van der Waals surface area contributed by atoms with Gasteiger partial charge in [-0.3, -0.25) is 0 Å². The van der Waals surface area contributed by atoms with Crippen molar-refractivity contribution in [3.63, 3.8) is 0 Å². The zero-order valence-electron chi connectivity index (χ0n) is 9.82. The fraction of sp³-hybridized carbons (Fsp3) is 0.231. The highest BCUT2D eigenvalue weighted by atomic mass is 79.9. The molecule has 6 heteroatoms. The molecule has 0 aliphatic carbocycles. The summed E-state index contributed by atoms with van der Waals surface area (Å²) < 4.78 is 14.9. The van der Waals surface area contributed by atoms with Crippen LogP contribution in [0.3, 0.4) is 0 Å². The second-order valence-corrected chi connectivity index (χ2v) is 6.81. The van der Waals surface area contributed by atoms with Crippen LogP contribution in [0, 0.1) is 5.82 Å². The first kappa shape index (κ1) is 14.9. The van der Waals surface area contributed by atoms with Gasteiger partial charge in [0.2, 0.25) is 0 Å². The molecule has 19 heavy (non-hydrogen) atoms. The van der Waals surface area contributed by atoms with Gasteiger partial charge in [0.25, 0.3) is 0 Å². The van der Waals surface area contributed by atoms with Crippen LogP contribution in [0.15, 0.2) is 33.4 Å². The van der Waals surface area contributed by atoms with Gasteiger partial charge in [-0.15, -0.1) is 11.3 Å². The van der Waals surface area contributed by atoms with E-state index in [2.05, 4.69) is 15.9 Å². The lowest BCUT2D eigenvalue weighted by atomic mass is 9.90. The van der Waals surface area contributed by atoms with Crippen LogP contribution in [-0.2, 0) is 0 Å². The number of halogens is 3.